The van der Waals surface area contributed by atoms with Crippen LogP contribution >= 0.6 is 15.6 Å². The zero-order chi connectivity index (χ0) is 7.83. The Morgan fingerprint density at radius 1 is 1.33 bits per heavy atom. The Labute approximate surface area is 113 Å². The zero-order valence-electron chi connectivity index (χ0n) is 6.46. The standard InChI is InChI=1S/CH4O7P2.2Na/c2-9(3,4)8-10(5)6-1-7-10;;/h1H2,(H2,2,3,4);;/q;2*+1/p-2. The molecule has 1 aliphatic rings. The molecule has 0 aliphatic carbocycles. The van der Waals surface area contributed by atoms with E-state index in [1.165, 1.54) is 0 Å². The Morgan fingerprint density at radius 3 is 1.83 bits per heavy atom. The van der Waals surface area contributed by atoms with Crippen molar-refractivity contribution in [1.29, 1.82) is 0 Å². The number of hydrogen-bond donors (Lipinski definition) is 0. The maximum absolute atomic E-state index is 10.4. The third kappa shape index (κ3) is 5.88. The molecular weight excluding hydrogens is 232 g/mol. The molecule has 0 saturated carbocycles. The Morgan fingerprint density at radius 2 is 1.75 bits per heavy atom. The SMILES string of the molecule is O=P([O-])([O-])OP1(=O)OCO1.[Na+].[Na+]. The summed E-state index contributed by atoms with van der Waals surface area (Å²) in [6.07, 6.45) is 0. The van der Waals surface area contributed by atoms with Gasteiger partial charge in [0.15, 0.2) is 6.79 Å². The van der Waals surface area contributed by atoms with Crippen LogP contribution in [0.1, 0.15) is 0 Å². The van der Waals surface area contributed by atoms with Gasteiger partial charge >= 0.3 is 66.9 Å². The first-order valence-corrected chi connectivity index (χ1v) is 4.96. The molecule has 0 aromatic heterocycles. The maximum atomic E-state index is 10.4. The molecule has 0 unspecified atom stereocenters. The fraction of sp³-hybridized carbons (Fsp3) is 1.00. The summed E-state index contributed by atoms with van der Waals surface area (Å²) in [6.45, 7) is -0.322. The molecule has 11 heteroatoms. The predicted molar refractivity (Wildman–Crippen MR) is 23.3 cm³/mol. The van der Waals surface area contributed by atoms with E-state index in [4.69, 9.17) is 0 Å². The smallest absolute Gasteiger partial charge is 0.789 e. The summed E-state index contributed by atoms with van der Waals surface area (Å²) < 4.78 is 31.7. The molecule has 1 fully saturated rings. The van der Waals surface area contributed by atoms with Crippen molar-refractivity contribution in [1.82, 2.24) is 0 Å². The number of hydrogen-bond acceptors (Lipinski definition) is 7. The normalized spacial score (nSPS) is 19.8. The van der Waals surface area contributed by atoms with Crippen molar-refractivity contribution in [3.8, 4) is 0 Å². The van der Waals surface area contributed by atoms with Crippen LogP contribution < -0.4 is 68.9 Å². The van der Waals surface area contributed by atoms with Crippen molar-refractivity contribution in [2.45, 2.75) is 0 Å². The molecule has 12 heavy (non-hydrogen) atoms. The number of rotatable bonds is 2. The van der Waals surface area contributed by atoms with E-state index in [9.17, 15) is 18.9 Å². The molecule has 0 radical (unpaired) electrons. The number of phosphoric acid groups is 2. The van der Waals surface area contributed by atoms with Crippen molar-refractivity contribution in [2.75, 3.05) is 6.79 Å². The van der Waals surface area contributed by atoms with Gasteiger partial charge in [0.2, 0.25) is 0 Å². The minimum Gasteiger partial charge on any atom is -0.789 e. The second kappa shape index (κ2) is 5.98. The topological polar surface area (TPSA) is 108 Å². The molecule has 0 amide bonds. The van der Waals surface area contributed by atoms with Crippen LogP contribution in [0, 0.1) is 0 Å². The predicted octanol–water partition coefficient (Wildman–Crippen LogP) is -7.05. The van der Waals surface area contributed by atoms with Crippen molar-refractivity contribution in [2.24, 2.45) is 0 Å². The molecular formula is CH2Na2O7P2. The van der Waals surface area contributed by atoms with Crippen LogP contribution in [0.15, 0.2) is 0 Å². The van der Waals surface area contributed by atoms with Gasteiger partial charge in [-0.05, 0) is 0 Å². The molecule has 1 saturated heterocycles. The first kappa shape index (κ1) is 16.7. The Hall–Kier alpha value is 2.26. The largest absolute Gasteiger partial charge is 1.00 e. The van der Waals surface area contributed by atoms with Crippen LogP contribution in [0.2, 0.25) is 0 Å². The Kier molecular flexibility index (Phi) is 8.31. The fourth-order valence-corrected chi connectivity index (χ4v) is 1.94. The fourth-order valence-electron chi connectivity index (χ4n) is 0.308. The van der Waals surface area contributed by atoms with E-state index in [1.807, 2.05) is 0 Å². The third-order valence-electron chi connectivity index (χ3n) is 0.622. The van der Waals surface area contributed by atoms with Crippen molar-refractivity contribution >= 4 is 15.6 Å². The van der Waals surface area contributed by atoms with E-state index in [-0.39, 0.29) is 65.9 Å². The average molecular weight is 234 g/mol. The first-order valence-electron chi connectivity index (χ1n) is 2.04. The molecule has 0 atom stereocenters. The van der Waals surface area contributed by atoms with E-state index in [2.05, 4.69) is 13.4 Å². The minimum atomic E-state index is -5.27. The zero-order valence-corrected chi connectivity index (χ0v) is 12.2. The van der Waals surface area contributed by atoms with E-state index in [1.54, 1.807) is 0 Å². The Bertz CT molecular complexity index is 213. The summed E-state index contributed by atoms with van der Waals surface area (Å²) in [7, 11) is -9.27. The molecule has 0 aromatic carbocycles. The van der Waals surface area contributed by atoms with Gasteiger partial charge in [-0.2, -0.15) is 0 Å². The van der Waals surface area contributed by atoms with Crippen LogP contribution in [0.5, 0.6) is 0 Å². The molecule has 60 valence electrons. The molecule has 0 aromatic rings. The summed E-state index contributed by atoms with van der Waals surface area (Å²) in [5.41, 5.74) is 0. The quantitative estimate of drug-likeness (QED) is 0.345. The van der Waals surface area contributed by atoms with Gasteiger partial charge in [0.1, 0.15) is 0 Å². The molecule has 0 spiro atoms. The van der Waals surface area contributed by atoms with Gasteiger partial charge in [-0.25, -0.2) is 4.57 Å². The number of phosphoric ester groups is 1. The van der Waals surface area contributed by atoms with Gasteiger partial charge in [0.05, 0.1) is 7.82 Å². The van der Waals surface area contributed by atoms with Gasteiger partial charge in [0.25, 0.3) is 0 Å². The van der Waals surface area contributed by atoms with E-state index < -0.39 is 15.6 Å². The minimum absolute atomic E-state index is 0. The molecule has 7 nitrogen and oxygen atoms in total. The van der Waals surface area contributed by atoms with Gasteiger partial charge in [0, 0.05) is 0 Å². The van der Waals surface area contributed by atoms with Gasteiger partial charge in [-0.3, -0.25) is 13.4 Å². The van der Waals surface area contributed by atoms with E-state index in [0.29, 0.717) is 0 Å². The maximum Gasteiger partial charge on any atom is 1.00 e. The van der Waals surface area contributed by atoms with E-state index >= 15 is 0 Å². The van der Waals surface area contributed by atoms with Crippen LogP contribution in [-0.2, 0) is 22.5 Å². The van der Waals surface area contributed by atoms with Gasteiger partial charge in [-0.15, -0.1) is 0 Å². The molecule has 0 bridgehead atoms. The average Bonchev–Trinajstić information content (AvgIpc) is 1.57. The van der Waals surface area contributed by atoms with Gasteiger partial charge < -0.3 is 14.4 Å². The van der Waals surface area contributed by atoms with Crippen LogP contribution in [-0.4, -0.2) is 6.79 Å². The summed E-state index contributed by atoms with van der Waals surface area (Å²) >= 11 is 0. The van der Waals surface area contributed by atoms with Crippen molar-refractivity contribution in [3.63, 3.8) is 0 Å². The molecule has 1 aliphatic heterocycles. The van der Waals surface area contributed by atoms with Crippen LogP contribution in [0.4, 0.5) is 0 Å². The van der Waals surface area contributed by atoms with Crippen molar-refractivity contribution < 1.29 is 91.4 Å². The van der Waals surface area contributed by atoms with Crippen LogP contribution in [0.3, 0.4) is 0 Å². The first-order chi connectivity index (χ1) is 4.41. The molecule has 1 rings (SSSR count). The van der Waals surface area contributed by atoms with Crippen LogP contribution in [0.25, 0.3) is 0 Å². The third-order valence-corrected chi connectivity index (χ3v) is 3.06. The Balaban J connectivity index is 0. The summed E-state index contributed by atoms with van der Waals surface area (Å²) in [4.78, 5) is 19.5. The summed E-state index contributed by atoms with van der Waals surface area (Å²) in [5, 5.41) is 0. The van der Waals surface area contributed by atoms with E-state index in [0.717, 1.165) is 0 Å². The monoisotopic (exact) mass is 234 g/mol. The second-order valence-electron chi connectivity index (χ2n) is 1.35. The molecule has 0 N–H and O–H groups in total. The summed E-state index contributed by atoms with van der Waals surface area (Å²) in [6, 6.07) is 0. The summed E-state index contributed by atoms with van der Waals surface area (Å²) in [5.74, 6) is 0. The molecule has 1 heterocycles. The van der Waals surface area contributed by atoms with Crippen molar-refractivity contribution in [3.05, 3.63) is 0 Å². The van der Waals surface area contributed by atoms with Gasteiger partial charge in [-0.1, -0.05) is 0 Å². The second-order valence-corrected chi connectivity index (χ2v) is 4.31.